The molecule has 0 unspecified atom stereocenters. The molecule has 2 rings (SSSR count). The number of rotatable bonds is 4. The molecule has 0 radical (unpaired) electrons. The molecule has 0 aliphatic carbocycles. The van der Waals surface area contributed by atoms with Gasteiger partial charge >= 0.3 is 0 Å². The third-order valence-corrected chi connectivity index (χ3v) is 3.69. The summed E-state index contributed by atoms with van der Waals surface area (Å²) in [5.74, 6) is 0.671. The van der Waals surface area contributed by atoms with Crippen LogP contribution in [-0.4, -0.2) is 9.97 Å². The molecule has 1 aromatic heterocycles. The van der Waals surface area contributed by atoms with Crippen molar-refractivity contribution in [1.82, 2.24) is 9.97 Å². The zero-order valence-corrected chi connectivity index (χ0v) is 12.6. The van der Waals surface area contributed by atoms with Crippen molar-refractivity contribution in [3.8, 4) is 0 Å². The lowest BCUT2D eigenvalue weighted by molar-refractivity contribution is 0.876. The maximum atomic E-state index is 6.18. The van der Waals surface area contributed by atoms with Crippen molar-refractivity contribution in [2.75, 3.05) is 0 Å². The molecule has 0 saturated heterocycles. The van der Waals surface area contributed by atoms with Crippen LogP contribution in [0.1, 0.15) is 35.9 Å². The van der Waals surface area contributed by atoms with Crippen LogP contribution in [-0.2, 0) is 12.8 Å². The smallest absolute Gasteiger partial charge is 0.137 e. The van der Waals surface area contributed by atoms with E-state index in [1.165, 1.54) is 11.1 Å². The van der Waals surface area contributed by atoms with Gasteiger partial charge in [0.15, 0.2) is 0 Å². The summed E-state index contributed by atoms with van der Waals surface area (Å²) >= 11 is 12.4. The van der Waals surface area contributed by atoms with Gasteiger partial charge in [0.2, 0.25) is 0 Å². The Morgan fingerprint density at radius 1 is 1.05 bits per heavy atom. The third kappa shape index (κ3) is 3.46. The van der Waals surface area contributed by atoms with Crippen LogP contribution in [0.15, 0.2) is 24.3 Å². The summed E-state index contributed by atoms with van der Waals surface area (Å²) in [5.41, 5.74) is 3.26. The highest BCUT2D eigenvalue weighted by Crippen LogP contribution is 2.23. The fourth-order valence-corrected chi connectivity index (χ4v) is 2.60. The van der Waals surface area contributed by atoms with Crippen LogP contribution < -0.4 is 0 Å². The van der Waals surface area contributed by atoms with E-state index in [1.54, 1.807) is 0 Å². The molecular formula is C15H16Cl2N2. The lowest BCUT2D eigenvalue weighted by atomic mass is 10.1. The number of aromatic nitrogens is 2. The van der Waals surface area contributed by atoms with Crippen LogP contribution in [0.4, 0.5) is 0 Å². The number of benzene rings is 1. The maximum absolute atomic E-state index is 6.18. The highest BCUT2D eigenvalue weighted by Gasteiger charge is 2.11. The first-order chi connectivity index (χ1) is 9.11. The predicted octanol–water partition coefficient (Wildman–Crippen LogP) is 4.64. The van der Waals surface area contributed by atoms with E-state index < -0.39 is 0 Å². The first kappa shape index (κ1) is 14.3. The maximum Gasteiger partial charge on any atom is 0.137 e. The van der Waals surface area contributed by atoms with Crippen LogP contribution in [0.3, 0.4) is 0 Å². The van der Waals surface area contributed by atoms with Crippen molar-refractivity contribution in [3.05, 3.63) is 57.1 Å². The Bertz CT molecular complexity index is 559. The summed E-state index contributed by atoms with van der Waals surface area (Å²) in [6.07, 6.45) is 2.43. The van der Waals surface area contributed by atoms with E-state index in [1.807, 2.05) is 12.1 Å². The first-order valence-corrected chi connectivity index (χ1v) is 7.12. The van der Waals surface area contributed by atoms with E-state index in [2.05, 4.69) is 35.9 Å². The lowest BCUT2D eigenvalue weighted by Crippen LogP contribution is -2.02. The van der Waals surface area contributed by atoms with Gasteiger partial charge in [0.25, 0.3) is 0 Å². The minimum absolute atomic E-state index is 0.477. The molecule has 1 heterocycles. The van der Waals surface area contributed by atoms with Gasteiger partial charge in [-0.3, -0.25) is 0 Å². The van der Waals surface area contributed by atoms with Gasteiger partial charge in [0.1, 0.15) is 16.1 Å². The summed E-state index contributed by atoms with van der Waals surface area (Å²) in [6.45, 7) is 4.15. The van der Waals surface area contributed by atoms with E-state index in [0.717, 1.165) is 18.4 Å². The Morgan fingerprint density at radius 2 is 1.68 bits per heavy atom. The summed E-state index contributed by atoms with van der Waals surface area (Å²) in [4.78, 5) is 8.72. The SMILES string of the molecule is CCCc1c(Cl)nc(Cc2ccccc2C)nc1Cl. The van der Waals surface area contributed by atoms with Crippen molar-refractivity contribution in [3.63, 3.8) is 0 Å². The third-order valence-electron chi connectivity index (χ3n) is 3.06. The van der Waals surface area contributed by atoms with Gasteiger partial charge in [0, 0.05) is 12.0 Å². The minimum atomic E-state index is 0.477. The van der Waals surface area contributed by atoms with Crippen molar-refractivity contribution < 1.29 is 0 Å². The average molecular weight is 295 g/mol. The Kier molecular flexibility index (Phi) is 4.78. The fraction of sp³-hybridized carbons (Fsp3) is 0.333. The molecule has 0 spiro atoms. The molecular weight excluding hydrogens is 279 g/mol. The van der Waals surface area contributed by atoms with Crippen LogP contribution in [0.5, 0.6) is 0 Å². The van der Waals surface area contributed by atoms with Gasteiger partial charge in [-0.1, -0.05) is 60.8 Å². The van der Waals surface area contributed by atoms with Crippen molar-refractivity contribution in [1.29, 1.82) is 0 Å². The normalized spacial score (nSPS) is 10.7. The molecule has 0 saturated carbocycles. The van der Waals surface area contributed by atoms with Crippen LogP contribution in [0, 0.1) is 6.92 Å². The molecule has 2 aromatic rings. The van der Waals surface area contributed by atoms with Crippen molar-refractivity contribution >= 4 is 23.2 Å². The first-order valence-electron chi connectivity index (χ1n) is 6.37. The monoisotopic (exact) mass is 294 g/mol. The predicted molar refractivity (Wildman–Crippen MR) is 80.0 cm³/mol. The quantitative estimate of drug-likeness (QED) is 0.768. The second-order valence-corrected chi connectivity index (χ2v) is 5.27. The number of halogens is 2. The van der Waals surface area contributed by atoms with E-state index in [9.17, 15) is 0 Å². The van der Waals surface area contributed by atoms with E-state index in [-0.39, 0.29) is 0 Å². The molecule has 0 bridgehead atoms. The van der Waals surface area contributed by atoms with E-state index >= 15 is 0 Å². The zero-order valence-electron chi connectivity index (χ0n) is 11.1. The van der Waals surface area contributed by atoms with Crippen LogP contribution >= 0.6 is 23.2 Å². The molecule has 0 atom stereocenters. The van der Waals surface area contributed by atoms with Gasteiger partial charge in [0.05, 0.1) is 0 Å². The van der Waals surface area contributed by atoms with Crippen LogP contribution in [0.2, 0.25) is 10.3 Å². The average Bonchev–Trinajstić information content (AvgIpc) is 2.37. The fourth-order valence-electron chi connectivity index (χ4n) is 1.99. The van der Waals surface area contributed by atoms with Gasteiger partial charge in [-0.2, -0.15) is 0 Å². The van der Waals surface area contributed by atoms with Crippen LogP contribution in [0.25, 0.3) is 0 Å². The molecule has 0 N–H and O–H groups in total. The second kappa shape index (κ2) is 6.36. The Balaban J connectivity index is 2.30. The van der Waals surface area contributed by atoms with Crippen molar-refractivity contribution in [2.24, 2.45) is 0 Å². The molecule has 2 nitrogen and oxygen atoms in total. The highest BCUT2D eigenvalue weighted by atomic mass is 35.5. The lowest BCUT2D eigenvalue weighted by Gasteiger charge is -2.08. The van der Waals surface area contributed by atoms with Crippen molar-refractivity contribution in [2.45, 2.75) is 33.1 Å². The standard InChI is InChI=1S/C15H16Cl2N2/c1-3-6-12-14(16)18-13(19-15(12)17)9-11-8-5-4-7-10(11)2/h4-5,7-8H,3,6,9H2,1-2H3. The summed E-state index contributed by atoms with van der Waals surface area (Å²) in [5, 5.41) is 0.955. The molecule has 0 amide bonds. The molecule has 4 heteroatoms. The number of hydrogen-bond acceptors (Lipinski definition) is 2. The molecule has 1 aromatic carbocycles. The number of nitrogens with zero attached hydrogens (tertiary/aromatic N) is 2. The molecule has 0 fully saturated rings. The van der Waals surface area contributed by atoms with E-state index in [0.29, 0.717) is 22.6 Å². The topological polar surface area (TPSA) is 25.8 Å². The largest absolute Gasteiger partial charge is 0.220 e. The Hall–Kier alpha value is -1.12. The molecule has 100 valence electrons. The molecule has 0 aliphatic heterocycles. The Morgan fingerprint density at radius 3 is 2.26 bits per heavy atom. The molecule has 0 aliphatic rings. The Labute approximate surface area is 123 Å². The molecule has 19 heavy (non-hydrogen) atoms. The summed E-state index contributed by atoms with van der Waals surface area (Å²) < 4.78 is 0. The van der Waals surface area contributed by atoms with E-state index in [4.69, 9.17) is 23.2 Å². The van der Waals surface area contributed by atoms with Gasteiger partial charge in [-0.25, -0.2) is 9.97 Å². The number of hydrogen-bond donors (Lipinski definition) is 0. The second-order valence-electron chi connectivity index (χ2n) is 4.55. The minimum Gasteiger partial charge on any atom is -0.220 e. The summed E-state index contributed by atoms with van der Waals surface area (Å²) in [6, 6.07) is 8.17. The van der Waals surface area contributed by atoms with Gasteiger partial charge in [-0.05, 0) is 24.5 Å². The zero-order chi connectivity index (χ0) is 13.8. The van der Waals surface area contributed by atoms with Gasteiger partial charge < -0.3 is 0 Å². The highest BCUT2D eigenvalue weighted by molar-refractivity contribution is 6.34. The summed E-state index contributed by atoms with van der Waals surface area (Å²) in [7, 11) is 0. The number of aryl methyl sites for hydroxylation is 1. The van der Waals surface area contributed by atoms with Gasteiger partial charge in [-0.15, -0.1) is 0 Å².